The molecule has 0 saturated carbocycles. The van der Waals surface area contributed by atoms with Gasteiger partial charge in [0.2, 0.25) is 6.79 Å². The third kappa shape index (κ3) is 2.13. The van der Waals surface area contributed by atoms with Gasteiger partial charge in [0.1, 0.15) is 5.82 Å². The van der Waals surface area contributed by atoms with Gasteiger partial charge in [-0.2, -0.15) is 0 Å². The van der Waals surface area contributed by atoms with Crippen molar-refractivity contribution >= 4 is 0 Å². The number of hydrogen-bond acceptors (Lipinski definition) is 5. The fourth-order valence-corrected chi connectivity index (χ4v) is 2.18. The number of nitrogens with two attached hydrogens (primary N) is 1. The number of nitrogens with zero attached hydrogens (tertiary/aromatic N) is 2. The highest BCUT2D eigenvalue weighted by Gasteiger charge is 2.17. The molecule has 0 spiro atoms. The van der Waals surface area contributed by atoms with E-state index in [2.05, 4.69) is 9.97 Å². The summed E-state index contributed by atoms with van der Waals surface area (Å²) in [6.45, 7) is 4.57. The second-order valence-electron chi connectivity index (χ2n) is 4.54. The molecule has 98 valence electrons. The zero-order valence-corrected chi connectivity index (χ0v) is 10.9. The molecule has 1 aliphatic heterocycles. The largest absolute Gasteiger partial charge is 0.454 e. The number of fused-ring (bicyclic) bond motifs is 1. The maximum atomic E-state index is 5.62. The van der Waals surface area contributed by atoms with E-state index in [9.17, 15) is 0 Å². The summed E-state index contributed by atoms with van der Waals surface area (Å²) in [4.78, 5) is 8.76. The third-order valence-corrected chi connectivity index (χ3v) is 3.08. The SMILES string of the molecule is Cc1cc(-c2cc3c(cc2C)OCO3)nc(CN)n1. The van der Waals surface area contributed by atoms with Crippen LogP contribution in [0.3, 0.4) is 0 Å². The summed E-state index contributed by atoms with van der Waals surface area (Å²) in [6.07, 6.45) is 0. The van der Waals surface area contributed by atoms with E-state index in [-0.39, 0.29) is 6.79 Å². The van der Waals surface area contributed by atoms with Crippen LogP contribution in [0.5, 0.6) is 11.5 Å². The van der Waals surface area contributed by atoms with Gasteiger partial charge in [0.05, 0.1) is 12.2 Å². The predicted octanol–water partition coefficient (Wildman–Crippen LogP) is 1.95. The first-order chi connectivity index (χ1) is 9.17. The first-order valence-electron chi connectivity index (χ1n) is 6.12. The summed E-state index contributed by atoms with van der Waals surface area (Å²) in [5, 5.41) is 0. The monoisotopic (exact) mass is 257 g/mol. The van der Waals surface area contributed by atoms with Gasteiger partial charge in [0, 0.05) is 11.3 Å². The topological polar surface area (TPSA) is 70.3 Å². The van der Waals surface area contributed by atoms with Crippen molar-refractivity contribution in [3.8, 4) is 22.8 Å². The normalized spacial score (nSPS) is 12.8. The van der Waals surface area contributed by atoms with Crippen molar-refractivity contribution in [2.75, 3.05) is 6.79 Å². The van der Waals surface area contributed by atoms with Gasteiger partial charge in [-0.05, 0) is 37.6 Å². The average molecular weight is 257 g/mol. The number of benzene rings is 1. The van der Waals surface area contributed by atoms with Crippen molar-refractivity contribution in [3.63, 3.8) is 0 Å². The fourth-order valence-electron chi connectivity index (χ4n) is 2.18. The van der Waals surface area contributed by atoms with Crippen molar-refractivity contribution in [1.82, 2.24) is 9.97 Å². The van der Waals surface area contributed by atoms with Gasteiger partial charge >= 0.3 is 0 Å². The Labute approximate surface area is 111 Å². The molecule has 0 fully saturated rings. The second-order valence-corrected chi connectivity index (χ2v) is 4.54. The molecule has 19 heavy (non-hydrogen) atoms. The summed E-state index contributed by atoms with van der Waals surface area (Å²) >= 11 is 0. The van der Waals surface area contributed by atoms with E-state index in [1.54, 1.807) is 0 Å². The molecule has 1 aromatic carbocycles. The molecule has 0 unspecified atom stereocenters. The first kappa shape index (κ1) is 11.9. The summed E-state index contributed by atoms with van der Waals surface area (Å²) in [7, 11) is 0. The Kier molecular flexibility index (Phi) is 2.83. The van der Waals surface area contributed by atoms with Crippen LogP contribution in [-0.2, 0) is 6.54 Å². The van der Waals surface area contributed by atoms with Crippen LogP contribution < -0.4 is 15.2 Å². The Morgan fingerprint density at radius 1 is 1.11 bits per heavy atom. The van der Waals surface area contributed by atoms with E-state index in [4.69, 9.17) is 15.2 Å². The molecule has 2 aromatic rings. The molecule has 2 heterocycles. The van der Waals surface area contributed by atoms with Crippen LogP contribution in [0.4, 0.5) is 0 Å². The Bertz CT molecular complexity index is 641. The molecule has 1 aromatic heterocycles. The molecular formula is C14H15N3O2. The molecular weight excluding hydrogens is 242 g/mol. The van der Waals surface area contributed by atoms with Crippen LogP contribution >= 0.6 is 0 Å². The molecule has 0 atom stereocenters. The average Bonchev–Trinajstić information content (AvgIpc) is 2.84. The molecule has 0 aliphatic carbocycles. The van der Waals surface area contributed by atoms with Gasteiger partial charge in [0.25, 0.3) is 0 Å². The van der Waals surface area contributed by atoms with Gasteiger partial charge in [0.15, 0.2) is 11.5 Å². The Morgan fingerprint density at radius 2 is 1.84 bits per heavy atom. The quantitative estimate of drug-likeness (QED) is 0.890. The second kappa shape index (κ2) is 4.51. The van der Waals surface area contributed by atoms with E-state index in [1.165, 1.54) is 0 Å². The fraction of sp³-hybridized carbons (Fsp3) is 0.286. The Balaban J connectivity index is 2.14. The van der Waals surface area contributed by atoms with Crippen LogP contribution in [0.2, 0.25) is 0 Å². The van der Waals surface area contributed by atoms with E-state index in [1.807, 2.05) is 32.0 Å². The number of aromatic nitrogens is 2. The van der Waals surface area contributed by atoms with Gasteiger partial charge in [-0.3, -0.25) is 0 Å². The smallest absolute Gasteiger partial charge is 0.231 e. The minimum atomic E-state index is 0.273. The lowest BCUT2D eigenvalue weighted by atomic mass is 10.0. The maximum absolute atomic E-state index is 5.62. The molecule has 1 aliphatic rings. The molecule has 3 rings (SSSR count). The summed E-state index contributed by atoms with van der Waals surface area (Å²) in [5.41, 5.74) is 9.50. The summed E-state index contributed by atoms with van der Waals surface area (Å²) in [5.74, 6) is 2.18. The Morgan fingerprint density at radius 3 is 2.58 bits per heavy atom. The number of hydrogen-bond donors (Lipinski definition) is 1. The zero-order chi connectivity index (χ0) is 13.4. The lowest BCUT2D eigenvalue weighted by Gasteiger charge is -2.09. The van der Waals surface area contributed by atoms with Gasteiger partial charge in [-0.25, -0.2) is 9.97 Å². The van der Waals surface area contributed by atoms with Crippen LogP contribution in [0.15, 0.2) is 18.2 Å². The number of rotatable bonds is 2. The van der Waals surface area contributed by atoms with E-state index in [0.717, 1.165) is 34.0 Å². The molecule has 0 bridgehead atoms. The first-order valence-corrected chi connectivity index (χ1v) is 6.12. The van der Waals surface area contributed by atoms with Crippen molar-refractivity contribution in [2.24, 2.45) is 5.73 Å². The van der Waals surface area contributed by atoms with E-state index in [0.29, 0.717) is 12.4 Å². The Hall–Kier alpha value is -2.14. The van der Waals surface area contributed by atoms with Crippen molar-refractivity contribution in [2.45, 2.75) is 20.4 Å². The summed E-state index contributed by atoms with van der Waals surface area (Å²) in [6, 6.07) is 5.88. The minimum Gasteiger partial charge on any atom is -0.454 e. The lowest BCUT2D eigenvalue weighted by Crippen LogP contribution is -2.05. The molecule has 5 nitrogen and oxygen atoms in total. The molecule has 2 N–H and O–H groups in total. The van der Waals surface area contributed by atoms with Gasteiger partial charge in [-0.15, -0.1) is 0 Å². The van der Waals surface area contributed by atoms with Crippen LogP contribution in [-0.4, -0.2) is 16.8 Å². The van der Waals surface area contributed by atoms with Gasteiger partial charge < -0.3 is 15.2 Å². The zero-order valence-electron chi connectivity index (χ0n) is 10.9. The van der Waals surface area contributed by atoms with Crippen LogP contribution in [0, 0.1) is 13.8 Å². The highest BCUT2D eigenvalue weighted by Crippen LogP contribution is 2.37. The maximum Gasteiger partial charge on any atom is 0.231 e. The van der Waals surface area contributed by atoms with Crippen molar-refractivity contribution in [1.29, 1.82) is 0 Å². The highest BCUT2D eigenvalue weighted by molar-refractivity contribution is 5.68. The van der Waals surface area contributed by atoms with Crippen LogP contribution in [0.1, 0.15) is 17.1 Å². The minimum absolute atomic E-state index is 0.273. The van der Waals surface area contributed by atoms with Crippen LogP contribution in [0.25, 0.3) is 11.3 Å². The van der Waals surface area contributed by atoms with Crippen molar-refractivity contribution < 1.29 is 9.47 Å². The molecule has 0 radical (unpaired) electrons. The number of ether oxygens (including phenoxy) is 2. The lowest BCUT2D eigenvalue weighted by molar-refractivity contribution is 0.174. The molecule has 0 amide bonds. The van der Waals surface area contributed by atoms with E-state index < -0.39 is 0 Å². The standard InChI is InChI=1S/C14H15N3O2/c1-8-3-12-13(19-7-18-12)5-10(8)11-4-9(2)16-14(6-15)17-11/h3-5H,6-7,15H2,1-2H3. The predicted molar refractivity (Wildman–Crippen MR) is 71.0 cm³/mol. The highest BCUT2D eigenvalue weighted by atomic mass is 16.7. The summed E-state index contributed by atoms with van der Waals surface area (Å²) < 4.78 is 10.8. The van der Waals surface area contributed by atoms with E-state index >= 15 is 0 Å². The third-order valence-electron chi connectivity index (χ3n) is 3.08. The molecule has 5 heteroatoms. The molecule has 0 saturated heterocycles. The van der Waals surface area contributed by atoms with Gasteiger partial charge in [-0.1, -0.05) is 0 Å². The van der Waals surface area contributed by atoms with Crippen molar-refractivity contribution in [3.05, 3.63) is 35.3 Å². The number of aryl methyl sites for hydroxylation is 2.